The molecule has 1 aliphatic heterocycles. The summed E-state index contributed by atoms with van der Waals surface area (Å²) in [5.41, 5.74) is 0.338. The van der Waals surface area contributed by atoms with E-state index in [9.17, 15) is 15.0 Å². The van der Waals surface area contributed by atoms with Crippen LogP contribution in [-0.4, -0.2) is 25.5 Å². The number of fused-ring (bicyclic) bond motifs is 1. The highest BCUT2D eigenvalue weighted by Gasteiger charge is 2.33. The molecule has 2 heterocycles. The van der Waals surface area contributed by atoms with E-state index in [2.05, 4.69) is 4.98 Å². The molecule has 0 bridgehead atoms. The first-order chi connectivity index (χ1) is 8.98. The van der Waals surface area contributed by atoms with Crippen LogP contribution in [0, 0.1) is 0 Å². The fourth-order valence-corrected chi connectivity index (χ4v) is 4.02. The smallest absolute Gasteiger partial charge is 0.262 e. The van der Waals surface area contributed by atoms with Crippen LogP contribution in [0.4, 0.5) is 0 Å². The zero-order chi connectivity index (χ0) is 13.6. The maximum atomic E-state index is 12.5. The second kappa shape index (κ2) is 4.61. The molecule has 19 heavy (non-hydrogen) atoms. The highest BCUT2D eigenvalue weighted by atomic mass is 32.2. The van der Waals surface area contributed by atoms with Gasteiger partial charge in [0.15, 0.2) is 0 Å². The van der Waals surface area contributed by atoms with Crippen molar-refractivity contribution in [2.24, 2.45) is 0 Å². The number of aromatic nitrogens is 2. The van der Waals surface area contributed by atoms with E-state index in [1.807, 2.05) is 0 Å². The number of aliphatic hydroxyl groups is 2. The van der Waals surface area contributed by atoms with Crippen LogP contribution in [0.15, 0.2) is 9.82 Å². The van der Waals surface area contributed by atoms with Gasteiger partial charge in [0.05, 0.1) is 5.56 Å². The van der Waals surface area contributed by atoms with Crippen molar-refractivity contribution in [1.82, 2.24) is 9.55 Å². The first-order valence-electron chi connectivity index (χ1n) is 6.72. The lowest BCUT2D eigenvalue weighted by Gasteiger charge is -2.25. The Labute approximate surface area is 115 Å². The molecule has 5 nitrogen and oxygen atoms in total. The van der Waals surface area contributed by atoms with E-state index in [1.165, 1.54) is 6.92 Å². The molecule has 1 aromatic rings. The second-order valence-corrected chi connectivity index (χ2v) is 6.53. The van der Waals surface area contributed by atoms with Gasteiger partial charge < -0.3 is 10.2 Å². The average molecular weight is 282 g/mol. The van der Waals surface area contributed by atoms with Crippen LogP contribution < -0.4 is 5.56 Å². The summed E-state index contributed by atoms with van der Waals surface area (Å²) in [5, 5.41) is 20.6. The minimum atomic E-state index is -2.18. The molecule has 2 aliphatic rings. The molecule has 0 radical (unpaired) electrons. The maximum Gasteiger partial charge on any atom is 0.262 e. The molecule has 6 heteroatoms. The first kappa shape index (κ1) is 13.1. The van der Waals surface area contributed by atoms with E-state index < -0.39 is 5.91 Å². The fourth-order valence-electron chi connectivity index (χ4n) is 3.00. The molecular formula is C13H18N2O3S. The summed E-state index contributed by atoms with van der Waals surface area (Å²) in [4.78, 5) is 17.0. The van der Waals surface area contributed by atoms with Gasteiger partial charge in [0, 0.05) is 18.6 Å². The third kappa shape index (κ3) is 2.22. The van der Waals surface area contributed by atoms with Crippen molar-refractivity contribution in [3.63, 3.8) is 0 Å². The van der Waals surface area contributed by atoms with Crippen molar-refractivity contribution in [2.75, 3.05) is 5.75 Å². The van der Waals surface area contributed by atoms with Crippen molar-refractivity contribution in [3.05, 3.63) is 21.7 Å². The van der Waals surface area contributed by atoms with Crippen LogP contribution in [0.1, 0.15) is 49.9 Å². The summed E-state index contributed by atoms with van der Waals surface area (Å²) in [5.74, 6) is -0.621. The molecule has 2 N–H and O–H groups in total. The molecular weight excluding hydrogens is 264 g/mol. The molecule has 0 saturated heterocycles. The monoisotopic (exact) mass is 282 g/mol. The van der Waals surface area contributed by atoms with Gasteiger partial charge in [-0.2, -0.15) is 0 Å². The van der Waals surface area contributed by atoms with Crippen molar-refractivity contribution >= 4 is 11.8 Å². The lowest BCUT2D eigenvalue weighted by Crippen LogP contribution is -2.43. The van der Waals surface area contributed by atoms with Crippen LogP contribution >= 0.6 is 11.8 Å². The molecule has 0 amide bonds. The normalized spacial score (nSPS) is 19.9. The summed E-state index contributed by atoms with van der Waals surface area (Å²) >= 11 is 1.59. The van der Waals surface area contributed by atoms with Gasteiger partial charge in [-0.3, -0.25) is 4.79 Å². The van der Waals surface area contributed by atoms with Gasteiger partial charge in [-0.25, -0.2) is 9.55 Å². The highest BCUT2D eigenvalue weighted by molar-refractivity contribution is 7.99. The average Bonchev–Trinajstić information content (AvgIpc) is 2.97. The topological polar surface area (TPSA) is 75.3 Å². The van der Waals surface area contributed by atoms with Crippen molar-refractivity contribution in [2.45, 2.75) is 55.9 Å². The van der Waals surface area contributed by atoms with E-state index in [0.29, 0.717) is 17.8 Å². The Morgan fingerprint density at radius 1 is 1.37 bits per heavy atom. The molecule has 1 fully saturated rings. The quantitative estimate of drug-likeness (QED) is 0.629. The van der Waals surface area contributed by atoms with Crippen molar-refractivity contribution in [1.29, 1.82) is 0 Å². The minimum absolute atomic E-state index is 0.165. The highest BCUT2D eigenvalue weighted by Crippen LogP contribution is 2.36. The molecule has 0 aromatic carbocycles. The van der Waals surface area contributed by atoms with Gasteiger partial charge in [0.25, 0.3) is 11.5 Å². The number of thioether (sulfide) groups is 1. The van der Waals surface area contributed by atoms with Crippen molar-refractivity contribution < 1.29 is 10.2 Å². The van der Waals surface area contributed by atoms with Crippen LogP contribution in [0.3, 0.4) is 0 Å². The Bertz CT molecular complexity index is 556. The summed E-state index contributed by atoms with van der Waals surface area (Å²) < 4.78 is 1.09. The zero-order valence-corrected chi connectivity index (χ0v) is 11.7. The molecule has 0 atom stereocenters. The van der Waals surface area contributed by atoms with Crippen LogP contribution in [0.5, 0.6) is 0 Å². The molecule has 1 aromatic heterocycles. The van der Waals surface area contributed by atoms with Crippen molar-refractivity contribution in [3.8, 4) is 0 Å². The molecule has 1 aliphatic carbocycles. The largest absolute Gasteiger partial charge is 0.349 e. The van der Waals surface area contributed by atoms with Gasteiger partial charge >= 0.3 is 0 Å². The first-order valence-corrected chi connectivity index (χ1v) is 7.71. The molecule has 1 saturated carbocycles. The Balaban J connectivity index is 2.21. The molecule has 3 rings (SSSR count). The Morgan fingerprint density at radius 2 is 2.05 bits per heavy atom. The molecule has 0 unspecified atom stereocenters. The van der Waals surface area contributed by atoms with Gasteiger partial charge in [0.2, 0.25) is 0 Å². The van der Waals surface area contributed by atoms with Crippen LogP contribution in [0.2, 0.25) is 0 Å². The van der Waals surface area contributed by atoms with E-state index in [4.69, 9.17) is 0 Å². The van der Waals surface area contributed by atoms with E-state index in [0.717, 1.165) is 41.0 Å². The van der Waals surface area contributed by atoms with E-state index in [1.54, 1.807) is 11.8 Å². The lowest BCUT2D eigenvalue weighted by molar-refractivity contribution is -0.217. The number of rotatable bonds is 2. The lowest BCUT2D eigenvalue weighted by atomic mass is 10.1. The molecule has 0 spiro atoms. The zero-order valence-electron chi connectivity index (χ0n) is 10.9. The summed E-state index contributed by atoms with van der Waals surface area (Å²) in [6.45, 7) is 1.23. The van der Waals surface area contributed by atoms with E-state index in [-0.39, 0.29) is 11.5 Å². The van der Waals surface area contributed by atoms with E-state index >= 15 is 0 Å². The van der Waals surface area contributed by atoms with Crippen LogP contribution in [0.25, 0.3) is 0 Å². The number of nitrogens with zero attached hydrogens (tertiary/aromatic N) is 2. The summed E-state index contributed by atoms with van der Waals surface area (Å²) in [7, 11) is 0. The summed E-state index contributed by atoms with van der Waals surface area (Å²) in [6.07, 6.45) is 4.81. The van der Waals surface area contributed by atoms with Gasteiger partial charge in [-0.15, -0.1) is 11.8 Å². The van der Waals surface area contributed by atoms with Crippen LogP contribution in [-0.2, 0) is 12.3 Å². The minimum Gasteiger partial charge on any atom is -0.349 e. The molecule has 104 valence electrons. The maximum absolute atomic E-state index is 12.5. The standard InChI is InChI=1S/C13H18N2O3S/c1-13(17,18)15-10(8-4-2-3-5-8)14-11-9(12(15)16)6-7-19-11/h8,17-18H,2-7H2,1H3. The Hall–Kier alpha value is -0.850. The number of hydrogen-bond acceptors (Lipinski definition) is 5. The Kier molecular flexibility index (Phi) is 3.19. The number of hydrogen-bond donors (Lipinski definition) is 2. The third-order valence-electron chi connectivity index (χ3n) is 3.90. The van der Waals surface area contributed by atoms with Gasteiger partial charge in [-0.05, 0) is 19.3 Å². The SMILES string of the molecule is CC(O)(O)n1c(C2CCCC2)nc2c(c1=O)CCS2. The Morgan fingerprint density at radius 3 is 2.68 bits per heavy atom. The summed E-state index contributed by atoms with van der Waals surface area (Å²) in [6, 6.07) is 0. The predicted octanol–water partition coefficient (Wildman–Crippen LogP) is 1.16. The third-order valence-corrected chi connectivity index (χ3v) is 4.92. The van der Waals surface area contributed by atoms with Gasteiger partial charge in [-0.1, -0.05) is 12.8 Å². The predicted molar refractivity (Wildman–Crippen MR) is 72.2 cm³/mol. The second-order valence-electron chi connectivity index (χ2n) is 5.44. The van der Waals surface area contributed by atoms with Gasteiger partial charge in [0.1, 0.15) is 10.9 Å². The fraction of sp³-hybridized carbons (Fsp3) is 0.692.